The first kappa shape index (κ1) is 16.6. The van der Waals surface area contributed by atoms with Crippen LogP contribution < -0.4 is 0 Å². The average Bonchev–Trinajstić information content (AvgIpc) is 3.12. The summed E-state index contributed by atoms with van der Waals surface area (Å²) >= 11 is 0. The van der Waals surface area contributed by atoms with Crippen LogP contribution in [0.5, 0.6) is 0 Å². The van der Waals surface area contributed by atoms with Crippen LogP contribution in [0.25, 0.3) is 10.9 Å². The van der Waals surface area contributed by atoms with Crippen LogP contribution in [-0.4, -0.2) is 27.8 Å². The third-order valence-corrected chi connectivity index (χ3v) is 5.29. The molecule has 1 aliphatic heterocycles. The molecule has 1 fully saturated rings. The number of aromatic nitrogens is 1. The van der Waals surface area contributed by atoms with Gasteiger partial charge in [0.25, 0.3) is 0 Å². The Morgan fingerprint density at radius 1 is 0.885 bits per heavy atom. The maximum absolute atomic E-state index is 11.9. The topological polar surface area (TPSA) is 42.3 Å². The summed E-state index contributed by atoms with van der Waals surface area (Å²) in [7, 11) is 0. The number of likely N-dealkylation sites (tertiary alicyclic amines) is 1. The minimum atomic E-state index is -0.0410. The predicted molar refractivity (Wildman–Crippen MR) is 102 cm³/mol. The lowest BCUT2D eigenvalue weighted by Crippen LogP contribution is -2.31. The van der Waals surface area contributed by atoms with Crippen LogP contribution in [0.3, 0.4) is 0 Å². The fourth-order valence-electron chi connectivity index (χ4n) is 3.88. The molecule has 0 bridgehead atoms. The summed E-state index contributed by atoms with van der Waals surface area (Å²) in [6.45, 7) is 3.42. The summed E-state index contributed by atoms with van der Waals surface area (Å²) in [6.07, 6.45) is 1.41. The van der Waals surface area contributed by atoms with Crippen molar-refractivity contribution in [2.75, 3.05) is 6.54 Å². The Morgan fingerprint density at radius 2 is 1.54 bits per heavy atom. The molecule has 4 nitrogen and oxygen atoms in total. The van der Waals surface area contributed by atoms with Gasteiger partial charge in [-0.3, -0.25) is 14.5 Å². The Bertz CT molecular complexity index is 956. The maximum Gasteiger partial charge on any atom is 0.229 e. The van der Waals surface area contributed by atoms with Crippen molar-refractivity contribution in [2.24, 2.45) is 0 Å². The molecule has 1 aliphatic rings. The maximum atomic E-state index is 11.9. The molecule has 1 saturated heterocycles. The Kier molecular flexibility index (Phi) is 4.33. The number of nitrogens with zero attached hydrogens (tertiary/aromatic N) is 2. The number of benzene rings is 2. The summed E-state index contributed by atoms with van der Waals surface area (Å²) in [4.78, 5) is 25.2. The van der Waals surface area contributed by atoms with Crippen molar-refractivity contribution in [3.63, 3.8) is 0 Å². The van der Waals surface area contributed by atoms with Crippen molar-refractivity contribution in [2.45, 2.75) is 32.7 Å². The third kappa shape index (κ3) is 2.92. The molecule has 0 atom stereocenters. The fourth-order valence-corrected chi connectivity index (χ4v) is 3.88. The molecule has 0 spiro atoms. The van der Waals surface area contributed by atoms with E-state index in [0.717, 1.165) is 6.54 Å². The standard InChI is InChI=1S/C22H22N2O2/c1-16-18(13-14-23-21(25)11-12-22(23)26)19-9-5-6-10-20(19)24(16)15-17-7-3-2-4-8-17/h2-10H,11-15H2,1H3. The average molecular weight is 346 g/mol. The minimum Gasteiger partial charge on any atom is -0.340 e. The first-order valence-electron chi connectivity index (χ1n) is 9.09. The van der Waals surface area contributed by atoms with Gasteiger partial charge >= 0.3 is 0 Å². The van der Waals surface area contributed by atoms with Gasteiger partial charge in [-0.05, 0) is 30.5 Å². The second-order valence-electron chi connectivity index (χ2n) is 6.84. The van der Waals surface area contributed by atoms with Gasteiger partial charge in [-0.2, -0.15) is 0 Å². The van der Waals surface area contributed by atoms with Crippen molar-refractivity contribution < 1.29 is 9.59 Å². The van der Waals surface area contributed by atoms with E-state index in [2.05, 4.69) is 54.0 Å². The molecule has 0 radical (unpaired) electrons. The third-order valence-electron chi connectivity index (χ3n) is 5.29. The van der Waals surface area contributed by atoms with Crippen molar-refractivity contribution in [1.82, 2.24) is 9.47 Å². The Balaban J connectivity index is 1.67. The molecular formula is C22H22N2O2. The van der Waals surface area contributed by atoms with E-state index < -0.39 is 0 Å². The van der Waals surface area contributed by atoms with Gasteiger partial charge in [0.2, 0.25) is 11.8 Å². The molecule has 2 heterocycles. The predicted octanol–water partition coefficient (Wildman–Crippen LogP) is 3.69. The number of hydrogen-bond acceptors (Lipinski definition) is 2. The van der Waals surface area contributed by atoms with Gasteiger partial charge < -0.3 is 4.57 Å². The van der Waals surface area contributed by atoms with Crippen molar-refractivity contribution in [3.05, 3.63) is 71.4 Å². The highest BCUT2D eigenvalue weighted by Gasteiger charge is 2.28. The number of carbonyl (C=O) groups excluding carboxylic acids is 2. The zero-order valence-corrected chi connectivity index (χ0v) is 14.9. The lowest BCUT2D eigenvalue weighted by molar-refractivity contribution is -0.138. The molecule has 0 aliphatic carbocycles. The van der Waals surface area contributed by atoms with Crippen LogP contribution in [0.1, 0.15) is 29.7 Å². The largest absolute Gasteiger partial charge is 0.340 e. The first-order chi connectivity index (χ1) is 12.6. The summed E-state index contributed by atoms with van der Waals surface area (Å²) in [5, 5.41) is 1.21. The molecule has 4 heteroatoms. The summed E-state index contributed by atoms with van der Waals surface area (Å²) in [6, 6.07) is 18.8. The molecule has 1 aromatic heterocycles. The monoisotopic (exact) mass is 346 g/mol. The van der Waals surface area contributed by atoms with Crippen LogP contribution in [-0.2, 0) is 22.6 Å². The number of carbonyl (C=O) groups is 2. The molecule has 2 aromatic carbocycles. The number of rotatable bonds is 5. The van der Waals surface area contributed by atoms with E-state index in [-0.39, 0.29) is 11.8 Å². The van der Waals surface area contributed by atoms with Crippen molar-refractivity contribution in [1.29, 1.82) is 0 Å². The number of para-hydroxylation sites is 1. The minimum absolute atomic E-state index is 0.0410. The molecule has 26 heavy (non-hydrogen) atoms. The first-order valence-corrected chi connectivity index (χ1v) is 9.09. The van der Waals surface area contributed by atoms with E-state index in [1.165, 1.54) is 32.6 Å². The second kappa shape index (κ2) is 6.79. The second-order valence-corrected chi connectivity index (χ2v) is 6.84. The van der Waals surface area contributed by atoms with Gasteiger partial charge in [0, 0.05) is 42.5 Å². The molecule has 132 valence electrons. The normalized spacial score (nSPS) is 14.6. The lowest BCUT2D eigenvalue weighted by atomic mass is 10.1. The summed E-state index contributed by atoms with van der Waals surface area (Å²) in [5.74, 6) is -0.0821. The molecule has 0 saturated carbocycles. The lowest BCUT2D eigenvalue weighted by Gasteiger charge is -2.14. The number of fused-ring (bicyclic) bond motifs is 1. The Morgan fingerprint density at radius 3 is 2.27 bits per heavy atom. The SMILES string of the molecule is Cc1c(CCN2C(=O)CCC2=O)c2ccccc2n1Cc1ccccc1. The van der Waals surface area contributed by atoms with Gasteiger partial charge in [0.1, 0.15) is 0 Å². The molecular weight excluding hydrogens is 324 g/mol. The zero-order chi connectivity index (χ0) is 18.1. The Labute approximate surface area is 153 Å². The fraction of sp³-hybridized carbons (Fsp3) is 0.273. The van der Waals surface area contributed by atoms with Crippen LogP contribution in [0.4, 0.5) is 0 Å². The van der Waals surface area contributed by atoms with Gasteiger partial charge in [0.05, 0.1) is 0 Å². The van der Waals surface area contributed by atoms with Gasteiger partial charge in [-0.15, -0.1) is 0 Å². The van der Waals surface area contributed by atoms with Gasteiger partial charge in [-0.1, -0.05) is 48.5 Å². The molecule has 4 rings (SSSR count). The smallest absolute Gasteiger partial charge is 0.229 e. The van der Waals surface area contributed by atoms with Gasteiger partial charge in [-0.25, -0.2) is 0 Å². The van der Waals surface area contributed by atoms with E-state index in [0.29, 0.717) is 25.8 Å². The molecule has 2 amide bonds. The number of amides is 2. The van der Waals surface area contributed by atoms with Crippen LogP contribution in [0, 0.1) is 6.92 Å². The van der Waals surface area contributed by atoms with Crippen LogP contribution >= 0.6 is 0 Å². The van der Waals surface area contributed by atoms with Crippen LogP contribution in [0.15, 0.2) is 54.6 Å². The van der Waals surface area contributed by atoms with Crippen molar-refractivity contribution >= 4 is 22.7 Å². The van der Waals surface area contributed by atoms with E-state index in [4.69, 9.17) is 0 Å². The van der Waals surface area contributed by atoms with Crippen molar-refractivity contribution in [3.8, 4) is 0 Å². The highest BCUT2D eigenvalue weighted by atomic mass is 16.2. The summed E-state index contributed by atoms with van der Waals surface area (Å²) < 4.78 is 2.33. The molecule has 0 N–H and O–H groups in total. The van der Waals surface area contributed by atoms with E-state index in [9.17, 15) is 9.59 Å². The summed E-state index contributed by atoms with van der Waals surface area (Å²) in [5.41, 5.74) is 4.88. The number of hydrogen-bond donors (Lipinski definition) is 0. The Hall–Kier alpha value is -2.88. The highest BCUT2D eigenvalue weighted by molar-refractivity contribution is 6.02. The van der Waals surface area contributed by atoms with E-state index >= 15 is 0 Å². The van der Waals surface area contributed by atoms with E-state index in [1.54, 1.807) is 0 Å². The quantitative estimate of drug-likeness (QED) is 0.661. The zero-order valence-electron chi connectivity index (χ0n) is 14.9. The van der Waals surface area contributed by atoms with Crippen LogP contribution in [0.2, 0.25) is 0 Å². The number of imide groups is 1. The van der Waals surface area contributed by atoms with E-state index in [1.807, 2.05) is 12.1 Å². The molecule has 0 unspecified atom stereocenters. The highest BCUT2D eigenvalue weighted by Crippen LogP contribution is 2.28. The van der Waals surface area contributed by atoms with Gasteiger partial charge in [0.15, 0.2) is 0 Å². The molecule has 3 aromatic rings.